The summed E-state index contributed by atoms with van der Waals surface area (Å²) in [6.45, 7) is 9.70. The van der Waals surface area contributed by atoms with Gasteiger partial charge in [0.25, 0.3) is 0 Å². The van der Waals surface area contributed by atoms with Crippen molar-refractivity contribution < 1.29 is 9.53 Å². The molecule has 5 heteroatoms. The highest BCUT2D eigenvalue weighted by atomic mass is 16.5. The number of carbonyl (C=O) groups excluding carboxylic acids is 1. The largest absolute Gasteiger partial charge is 0.375 e. The first-order valence-corrected chi connectivity index (χ1v) is 5.83. The van der Waals surface area contributed by atoms with E-state index >= 15 is 0 Å². The van der Waals surface area contributed by atoms with E-state index in [1.165, 1.54) is 0 Å². The van der Waals surface area contributed by atoms with Crippen LogP contribution >= 0.6 is 0 Å². The average Bonchev–Trinajstić information content (AvgIpc) is 2.57. The van der Waals surface area contributed by atoms with E-state index in [9.17, 15) is 4.79 Å². The molecule has 1 aromatic rings. The Bertz CT molecular complexity index is 366. The molecule has 0 N–H and O–H groups in total. The second-order valence-electron chi connectivity index (χ2n) is 5.47. The number of ketones is 1. The van der Waals surface area contributed by atoms with Crippen LogP contribution in [0.3, 0.4) is 0 Å². The molecular weight excluding hydrogens is 218 g/mol. The highest BCUT2D eigenvalue weighted by Crippen LogP contribution is 2.15. The maximum atomic E-state index is 10.7. The van der Waals surface area contributed by atoms with Gasteiger partial charge in [0, 0.05) is 13.0 Å². The van der Waals surface area contributed by atoms with Crippen molar-refractivity contribution in [3.05, 3.63) is 11.9 Å². The summed E-state index contributed by atoms with van der Waals surface area (Å²) in [6, 6.07) is 0. The number of rotatable bonds is 6. The van der Waals surface area contributed by atoms with Gasteiger partial charge in [-0.2, -0.15) is 0 Å². The lowest BCUT2D eigenvalue weighted by Crippen LogP contribution is -2.15. The van der Waals surface area contributed by atoms with Crippen molar-refractivity contribution in [2.75, 3.05) is 6.61 Å². The van der Waals surface area contributed by atoms with Crippen LogP contribution in [-0.2, 0) is 22.7 Å². The quantitative estimate of drug-likeness (QED) is 0.710. The van der Waals surface area contributed by atoms with Crippen molar-refractivity contribution in [1.29, 1.82) is 0 Å². The molecule has 0 aromatic carbocycles. The fourth-order valence-corrected chi connectivity index (χ4v) is 1.36. The fourth-order valence-electron chi connectivity index (χ4n) is 1.36. The highest BCUT2D eigenvalue weighted by molar-refractivity contribution is 5.75. The van der Waals surface area contributed by atoms with Crippen molar-refractivity contribution in [3.8, 4) is 0 Å². The van der Waals surface area contributed by atoms with Crippen molar-refractivity contribution in [3.63, 3.8) is 0 Å². The first kappa shape index (κ1) is 13.8. The summed E-state index contributed by atoms with van der Waals surface area (Å²) in [5, 5.41) is 8.06. The summed E-state index contributed by atoms with van der Waals surface area (Å²) in [7, 11) is 0. The van der Waals surface area contributed by atoms with E-state index in [0.29, 0.717) is 19.6 Å². The van der Waals surface area contributed by atoms with Crippen LogP contribution < -0.4 is 0 Å². The lowest BCUT2D eigenvalue weighted by molar-refractivity contribution is -0.118. The zero-order valence-corrected chi connectivity index (χ0v) is 11.1. The van der Waals surface area contributed by atoms with Crippen LogP contribution in [0.5, 0.6) is 0 Å². The number of hydrogen-bond acceptors (Lipinski definition) is 4. The second kappa shape index (κ2) is 5.91. The van der Waals surface area contributed by atoms with Gasteiger partial charge in [0.15, 0.2) is 0 Å². The van der Waals surface area contributed by atoms with Crippen molar-refractivity contribution in [2.24, 2.45) is 5.41 Å². The van der Waals surface area contributed by atoms with E-state index in [-0.39, 0.29) is 11.2 Å². The Hall–Kier alpha value is -1.23. The van der Waals surface area contributed by atoms with Crippen LogP contribution in [0.2, 0.25) is 0 Å². The monoisotopic (exact) mass is 239 g/mol. The lowest BCUT2D eigenvalue weighted by Gasteiger charge is -2.16. The normalized spacial score (nSPS) is 11.8. The number of carbonyl (C=O) groups is 1. The van der Waals surface area contributed by atoms with Crippen LogP contribution in [0.15, 0.2) is 6.20 Å². The molecule has 0 saturated carbocycles. The fraction of sp³-hybridized carbons (Fsp3) is 0.750. The zero-order valence-electron chi connectivity index (χ0n) is 11.1. The second-order valence-corrected chi connectivity index (χ2v) is 5.47. The molecule has 1 aromatic heterocycles. The molecule has 1 heterocycles. The first-order chi connectivity index (χ1) is 7.87. The third-order valence-corrected chi connectivity index (χ3v) is 2.07. The van der Waals surface area contributed by atoms with Gasteiger partial charge < -0.3 is 4.74 Å². The molecule has 0 unspecified atom stereocenters. The summed E-state index contributed by atoms with van der Waals surface area (Å²) in [5.74, 6) is 0.140. The molecule has 0 aliphatic rings. The molecule has 0 amide bonds. The summed E-state index contributed by atoms with van der Waals surface area (Å²) in [6.07, 6.45) is 2.34. The highest BCUT2D eigenvalue weighted by Gasteiger charge is 2.12. The van der Waals surface area contributed by atoms with E-state index in [1.807, 2.05) is 10.9 Å². The van der Waals surface area contributed by atoms with Crippen LogP contribution in [0, 0.1) is 5.41 Å². The summed E-state index contributed by atoms with van der Waals surface area (Å²) in [4.78, 5) is 10.7. The van der Waals surface area contributed by atoms with Gasteiger partial charge in [0.1, 0.15) is 11.5 Å². The SMILES string of the molecule is CC(=O)CCOCc1cn(CC(C)(C)C)nn1. The number of hydrogen-bond donors (Lipinski definition) is 0. The number of aromatic nitrogens is 3. The molecular formula is C12H21N3O2. The molecule has 0 atom stereocenters. The molecule has 5 nitrogen and oxygen atoms in total. The minimum absolute atomic E-state index is 0.140. The van der Waals surface area contributed by atoms with Crippen molar-refractivity contribution >= 4 is 5.78 Å². The van der Waals surface area contributed by atoms with Gasteiger partial charge in [-0.05, 0) is 12.3 Å². The molecule has 96 valence electrons. The molecule has 0 radical (unpaired) electrons. The van der Waals surface area contributed by atoms with E-state index in [4.69, 9.17) is 4.74 Å². The Balaban J connectivity index is 2.33. The Morgan fingerprint density at radius 2 is 2.18 bits per heavy atom. The van der Waals surface area contributed by atoms with Gasteiger partial charge in [0.05, 0.1) is 19.4 Å². The average molecular weight is 239 g/mol. The van der Waals surface area contributed by atoms with E-state index in [0.717, 1.165) is 12.2 Å². The first-order valence-electron chi connectivity index (χ1n) is 5.83. The number of Topliss-reactive ketones (excluding diaryl/α,β-unsaturated/α-hetero) is 1. The topological polar surface area (TPSA) is 57.0 Å². The summed E-state index contributed by atoms with van der Waals surface area (Å²) in [5.41, 5.74) is 0.985. The van der Waals surface area contributed by atoms with E-state index < -0.39 is 0 Å². The molecule has 0 bridgehead atoms. The van der Waals surface area contributed by atoms with Crippen LogP contribution in [0.4, 0.5) is 0 Å². The van der Waals surface area contributed by atoms with Gasteiger partial charge in [-0.1, -0.05) is 26.0 Å². The van der Waals surface area contributed by atoms with Crippen LogP contribution in [-0.4, -0.2) is 27.4 Å². The predicted octanol–water partition coefficient (Wildman–Crippen LogP) is 1.82. The van der Waals surface area contributed by atoms with Crippen LogP contribution in [0.25, 0.3) is 0 Å². The number of ether oxygens (including phenoxy) is 1. The standard InChI is InChI=1S/C12H21N3O2/c1-10(16)5-6-17-8-11-7-15(14-13-11)9-12(2,3)4/h7H,5-6,8-9H2,1-4H3. The molecule has 0 aliphatic heterocycles. The molecule has 0 aliphatic carbocycles. The summed E-state index contributed by atoms with van der Waals surface area (Å²) >= 11 is 0. The summed E-state index contributed by atoms with van der Waals surface area (Å²) < 4.78 is 7.16. The van der Waals surface area contributed by atoms with E-state index in [1.54, 1.807) is 6.92 Å². The Morgan fingerprint density at radius 1 is 1.47 bits per heavy atom. The molecule has 17 heavy (non-hydrogen) atoms. The zero-order chi connectivity index (χ0) is 12.9. The van der Waals surface area contributed by atoms with E-state index in [2.05, 4.69) is 31.1 Å². The molecule has 0 fully saturated rings. The maximum absolute atomic E-state index is 10.7. The third-order valence-electron chi connectivity index (χ3n) is 2.07. The van der Waals surface area contributed by atoms with Gasteiger partial charge in [-0.3, -0.25) is 9.48 Å². The molecule has 0 spiro atoms. The van der Waals surface area contributed by atoms with Crippen molar-refractivity contribution in [2.45, 2.75) is 47.3 Å². The predicted molar refractivity (Wildman–Crippen MR) is 64.4 cm³/mol. The smallest absolute Gasteiger partial charge is 0.132 e. The third kappa shape index (κ3) is 6.16. The number of nitrogens with zero attached hydrogens (tertiary/aromatic N) is 3. The minimum atomic E-state index is 0.140. The van der Waals surface area contributed by atoms with Crippen molar-refractivity contribution in [1.82, 2.24) is 15.0 Å². The van der Waals surface area contributed by atoms with Gasteiger partial charge in [0.2, 0.25) is 0 Å². The molecule has 0 saturated heterocycles. The van der Waals surface area contributed by atoms with Gasteiger partial charge >= 0.3 is 0 Å². The Labute approximate surface area is 102 Å². The maximum Gasteiger partial charge on any atom is 0.132 e. The Morgan fingerprint density at radius 3 is 2.76 bits per heavy atom. The van der Waals surface area contributed by atoms with Gasteiger partial charge in [-0.15, -0.1) is 5.10 Å². The Kier molecular flexibility index (Phi) is 4.81. The molecule has 1 rings (SSSR count). The lowest BCUT2D eigenvalue weighted by atomic mass is 9.97. The minimum Gasteiger partial charge on any atom is -0.375 e. The van der Waals surface area contributed by atoms with Gasteiger partial charge in [-0.25, -0.2) is 0 Å². The van der Waals surface area contributed by atoms with Crippen LogP contribution in [0.1, 0.15) is 39.8 Å².